The van der Waals surface area contributed by atoms with E-state index in [2.05, 4.69) is 5.32 Å². The first kappa shape index (κ1) is 16.8. The fraction of sp³-hybridized carbons (Fsp3) is 0.429. The Morgan fingerprint density at radius 3 is 2.76 bits per heavy atom. The predicted octanol–water partition coefficient (Wildman–Crippen LogP) is 0.887. The van der Waals surface area contributed by atoms with E-state index in [9.17, 15) is 9.59 Å². The van der Waals surface area contributed by atoms with E-state index in [0.717, 1.165) is 0 Å². The number of methoxy groups -OCH3 is 1. The van der Waals surface area contributed by atoms with Crippen molar-refractivity contribution in [2.45, 2.75) is 19.4 Å². The summed E-state index contributed by atoms with van der Waals surface area (Å²) >= 11 is 0. The van der Waals surface area contributed by atoms with Crippen LogP contribution in [0.1, 0.15) is 23.7 Å². The Hall–Kier alpha value is -2.28. The molecule has 1 aromatic carbocycles. The first-order valence-corrected chi connectivity index (χ1v) is 6.51. The normalized spacial score (nSPS) is 11.7. The number of carboxylic acid groups (broad SMARTS) is 1. The lowest BCUT2D eigenvalue weighted by Crippen LogP contribution is -2.37. The highest BCUT2D eigenvalue weighted by Gasteiger charge is 2.18. The zero-order valence-corrected chi connectivity index (χ0v) is 12.1. The van der Waals surface area contributed by atoms with Gasteiger partial charge in [-0.3, -0.25) is 4.79 Å². The Kier molecular flexibility index (Phi) is 6.48. The van der Waals surface area contributed by atoms with Crippen molar-refractivity contribution in [1.29, 1.82) is 0 Å². The van der Waals surface area contributed by atoms with Crippen molar-refractivity contribution in [3.05, 3.63) is 23.8 Å². The van der Waals surface area contributed by atoms with Crippen molar-refractivity contribution in [3.63, 3.8) is 0 Å². The topological polar surface area (TPSA) is 111 Å². The van der Waals surface area contributed by atoms with E-state index in [4.69, 9.17) is 20.3 Å². The highest BCUT2D eigenvalue weighted by molar-refractivity contribution is 5.92. The van der Waals surface area contributed by atoms with E-state index in [1.807, 2.05) is 0 Å². The van der Waals surface area contributed by atoms with Gasteiger partial charge in [0.2, 0.25) is 0 Å². The summed E-state index contributed by atoms with van der Waals surface area (Å²) < 4.78 is 10.3. The number of nitrogens with two attached hydrogens (primary N) is 1. The summed E-state index contributed by atoms with van der Waals surface area (Å²) in [4.78, 5) is 22.9. The molecule has 1 unspecified atom stereocenters. The third-order valence-electron chi connectivity index (χ3n) is 2.73. The van der Waals surface area contributed by atoms with E-state index in [1.54, 1.807) is 14.0 Å². The Morgan fingerprint density at radius 1 is 1.43 bits per heavy atom. The summed E-state index contributed by atoms with van der Waals surface area (Å²) in [6, 6.07) is 4.25. The number of aromatic carboxylic acids is 1. The lowest BCUT2D eigenvalue weighted by molar-refractivity contribution is -0.127. The van der Waals surface area contributed by atoms with Gasteiger partial charge in [-0.15, -0.1) is 0 Å². The molecule has 116 valence electrons. The van der Waals surface area contributed by atoms with E-state index in [0.29, 0.717) is 25.3 Å². The number of carbonyl (C=O) groups is 2. The van der Waals surface area contributed by atoms with Crippen LogP contribution < -0.4 is 15.8 Å². The largest absolute Gasteiger partial charge is 0.480 e. The van der Waals surface area contributed by atoms with Crippen LogP contribution in [0.3, 0.4) is 0 Å². The second kappa shape index (κ2) is 8.11. The molecule has 0 spiro atoms. The molecule has 7 nitrogen and oxygen atoms in total. The van der Waals surface area contributed by atoms with Gasteiger partial charge >= 0.3 is 5.97 Å². The van der Waals surface area contributed by atoms with Crippen molar-refractivity contribution in [1.82, 2.24) is 5.32 Å². The van der Waals surface area contributed by atoms with Gasteiger partial charge in [-0.25, -0.2) is 4.79 Å². The Morgan fingerprint density at radius 2 is 2.14 bits per heavy atom. The Balaban J connectivity index is 2.63. The first-order valence-electron chi connectivity index (χ1n) is 6.51. The molecule has 21 heavy (non-hydrogen) atoms. The van der Waals surface area contributed by atoms with Crippen LogP contribution in [0.4, 0.5) is 5.69 Å². The molecule has 1 atom stereocenters. The molecule has 1 aromatic rings. The molecule has 0 radical (unpaired) electrons. The molecular weight excluding hydrogens is 276 g/mol. The maximum atomic E-state index is 11.8. The number of benzene rings is 1. The second-order valence-electron chi connectivity index (χ2n) is 4.46. The molecule has 1 rings (SSSR count). The van der Waals surface area contributed by atoms with Gasteiger partial charge in [0.05, 0.1) is 0 Å². The van der Waals surface area contributed by atoms with Gasteiger partial charge in [0, 0.05) is 25.9 Å². The summed E-state index contributed by atoms with van der Waals surface area (Å²) in [5.41, 5.74) is 5.78. The molecule has 7 heteroatoms. The van der Waals surface area contributed by atoms with Crippen LogP contribution >= 0.6 is 0 Å². The third-order valence-corrected chi connectivity index (χ3v) is 2.73. The summed E-state index contributed by atoms with van der Waals surface area (Å²) in [5, 5.41) is 11.8. The second-order valence-corrected chi connectivity index (χ2v) is 4.46. The lowest BCUT2D eigenvalue weighted by atomic mass is 10.2. The van der Waals surface area contributed by atoms with Gasteiger partial charge in [0.15, 0.2) is 6.10 Å². The maximum Gasteiger partial charge on any atom is 0.339 e. The van der Waals surface area contributed by atoms with Crippen molar-refractivity contribution in [3.8, 4) is 5.75 Å². The quantitative estimate of drug-likeness (QED) is 0.485. The van der Waals surface area contributed by atoms with Crippen molar-refractivity contribution in [2.75, 3.05) is 26.0 Å². The molecule has 0 aliphatic heterocycles. The van der Waals surface area contributed by atoms with E-state index >= 15 is 0 Å². The standard InChI is InChI=1S/C14H20N2O5/c1-9(13(17)16-6-3-7-20-2)21-12-5-4-10(15)8-11(12)14(18)19/h4-5,8-9H,3,6-7,15H2,1-2H3,(H,16,17)(H,18,19). The highest BCUT2D eigenvalue weighted by atomic mass is 16.5. The number of hydrogen-bond acceptors (Lipinski definition) is 5. The van der Waals surface area contributed by atoms with Crippen molar-refractivity contribution >= 4 is 17.6 Å². The van der Waals surface area contributed by atoms with Crippen molar-refractivity contribution in [2.24, 2.45) is 0 Å². The monoisotopic (exact) mass is 296 g/mol. The van der Waals surface area contributed by atoms with E-state index in [-0.39, 0.29) is 17.2 Å². The summed E-state index contributed by atoms with van der Waals surface area (Å²) in [6.45, 7) is 2.57. The number of carboxylic acids is 1. The number of ether oxygens (including phenoxy) is 2. The van der Waals surface area contributed by atoms with Crippen molar-refractivity contribution < 1.29 is 24.2 Å². The third kappa shape index (κ3) is 5.31. The fourth-order valence-corrected chi connectivity index (χ4v) is 1.63. The minimum atomic E-state index is -1.16. The van der Waals surface area contributed by atoms with E-state index < -0.39 is 12.1 Å². The number of nitrogens with one attached hydrogen (secondary N) is 1. The predicted molar refractivity (Wildman–Crippen MR) is 77.4 cm³/mol. The average molecular weight is 296 g/mol. The number of nitrogen functional groups attached to an aromatic ring is 1. The molecule has 0 aliphatic carbocycles. The van der Waals surface area contributed by atoms with Crippen LogP contribution in [0, 0.1) is 0 Å². The SMILES string of the molecule is COCCCNC(=O)C(C)Oc1ccc(N)cc1C(=O)O. The van der Waals surface area contributed by atoms with Gasteiger partial charge in [0.25, 0.3) is 5.91 Å². The summed E-state index contributed by atoms with van der Waals surface area (Å²) in [6.07, 6.45) is -0.119. The van der Waals surface area contributed by atoms with Crippen LogP contribution in [0.15, 0.2) is 18.2 Å². The number of amides is 1. The number of hydrogen-bond donors (Lipinski definition) is 3. The van der Waals surface area contributed by atoms with E-state index in [1.165, 1.54) is 18.2 Å². The fourth-order valence-electron chi connectivity index (χ4n) is 1.63. The molecule has 0 aliphatic rings. The Bertz CT molecular complexity index is 504. The molecule has 0 saturated heterocycles. The van der Waals surface area contributed by atoms with Gasteiger partial charge < -0.3 is 25.6 Å². The minimum absolute atomic E-state index is 0.0750. The van der Waals surface area contributed by atoms with Crippen LogP contribution in [0.25, 0.3) is 0 Å². The average Bonchev–Trinajstić information content (AvgIpc) is 2.44. The minimum Gasteiger partial charge on any atom is -0.480 e. The van der Waals surface area contributed by atoms with Gasteiger partial charge in [-0.2, -0.15) is 0 Å². The molecule has 0 aromatic heterocycles. The van der Waals surface area contributed by atoms with Crippen LogP contribution in [0.5, 0.6) is 5.75 Å². The van der Waals surface area contributed by atoms with Crippen LogP contribution in [-0.2, 0) is 9.53 Å². The Labute approximate surface area is 123 Å². The molecule has 1 amide bonds. The zero-order valence-electron chi connectivity index (χ0n) is 12.1. The van der Waals surface area contributed by atoms with Gasteiger partial charge in [0.1, 0.15) is 11.3 Å². The molecule has 0 bridgehead atoms. The molecule has 0 saturated carbocycles. The first-order chi connectivity index (χ1) is 9.95. The molecule has 0 heterocycles. The summed E-state index contributed by atoms with van der Waals surface area (Å²) in [7, 11) is 1.59. The van der Waals surface area contributed by atoms with Crippen LogP contribution in [0.2, 0.25) is 0 Å². The molecule has 0 fully saturated rings. The molecular formula is C14H20N2O5. The molecule has 4 N–H and O–H groups in total. The number of anilines is 1. The van der Waals surface area contributed by atoms with Gasteiger partial charge in [-0.05, 0) is 31.5 Å². The lowest BCUT2D eigenvalue weighted by Gasteiger charge is -2.16. The van der Waals surface area contributed by atoms with Crippen LogP contribution in [-0.4, -0.2) is 43.3 Å². The number of rotatable bonds is 8. The number of carbonyl (C=O) groups excluding carboxylic acids is 1. The maximum absolute atomic E-state index is 11.8. The highest BCUT2D eigenvalue weighted by Crippen LogP contribution is 2.22. The zero-order chi connectivity index (χ0) is 15.8. The van der Waals surface area contributed by atoms with Gasteiger partial charge in [-0.1, -0.05) is 0 Å². The summed E-state index contributed by atoms with van der Waals surface area (Å²) in [5.74, 6) is -1.37. The smallest absolute Gasteiger partial charge is 0.339 e.